The fourth-order valence-corrected chi connectivity index (χ4v) is 7.68. The normalized spacial score (nSPS) is 41.5. The van der Waals surface area contributed by atoms with Crippen LogP contribution in [-0.2, 0) is 4.57 Å². The highest BCUT2D eigenvalue weighted by Gasteiger charge is 2.52. The van der Waals surface area contributed by atoms with E-state index in [9.17, 15) is 4.57 Å². The summed E-state index contributed by atoms with van der Waals surface area (Å²) >= 11 is 6.44. The van der Waals surface area contributed by atoms with E-state index in [1.807, 2.05) is 30.3 Å². The lowest BCUT2D eigenvalue weighted by molar-refractivity contribution is -0.00801. The van der Waals surface area contributed by atoms with Crippen LogP contribution in [-0.4, -0.2) is 5.54 Å². The molecular formula is C16H21ClNOP. The van der Waals surface area contributed by atoms with Crippen LogP contribution in [0.3, 0.4) is 0 Å². The molecule has 0 radical (unpaired) electrons. The van der Waals surface area contributed by atoms with E-state index in [0.717, 1.165) is 23.1 Å². The Kier molecular flexibility index (Phi) is 3.07. The summed E-state index contributed by atoms with van der Waals surface area (Å²) in [5, 5.41) is 4.19. The maximum absolute atomic E-state index is 13.0. The van der Waals surface area contributed by atoms with Crippen molar-refractivity contribution in [3.05, 3.63) is 30.3 Å². The van der Waals surface area contributed by atoms with Crippen LogP contribution in [0.2, 0.25) is 0 Å². The molecule has 4 aliphatic rings. The Hall–Kier alpha value is -0.300. The third-order valence-corrected chi connectivity index (χ3v) is 8.07. The van der Waals surface area contributed by atoms with Crippen molar-refractivity contribution < 1.29 is 4.57 Å². The van der Waals surface area contributed by atoms with Gasteiger partial charge in [0.25, 0.3) is 6.65 Å². The van der Waals surface area contributed by atoms with Gasteiger partial charge in [-0.3, -0.25) is 4.57 Å². The van der Waals surface area contributed by atoms with Gasteiger partial charge in [0.2, 0.25) is 0 Å². The fourth-order valence-electron chi connectivity index (χ4n) is 5.24. The minimum absolute atomic E-state index is 0.0435. The van der Waals surface area contributed by atoms with E-state index in [2.05, 4.69) is 5.09 Å². The van der Waals surface area contributed by atoms with E-state index in [1.165, 1.54) is 38.5 Å². The third kappa shape index (κ3) is 2.26. The standard InChI is InChI=1S/C16H21ClNOP/c17-20(19,15-4-2-1-3-5-15)18-16-9-12-6-13(10-16)8-14(7-12)11-16/h1-5,12-14H,6-11H2,(H,18,19). The first-order valence-electron chi connectivity index (χ1n) is 7.69. The molecule has 108 valence electrons. The van der Waals surface area contributed by atoms with Crippen molar-refractivity contribution in [2.45, 2.75) is 44.1 Å². The molecule has 1 N–H and O–H groups in total. The fraction of sp³-hybridized carbons (Fsp3) is 0.625. The van der Waals surface area contributed by atoms with Crippen LogP contribution in [0.4, 0.5) is 0 Å². The summed E-state index contributed by atoms with van der Waals surface area (Å²) in [6, 6.07) is 9.51. The molecule has 4 aliphatic carbocycles. The maximum Gasteiger partial charge on any atom is 0.261 e. The van der Waals surface area contributed by atoms with Crippen molar-refractivity contribution in [2.24, 2.45) is 17.8 Å². The smallest absolute Gasteiger partial charge is 0.261 e. The Morgan fingerprint density at radius 1 is 1.00 bits per heavy atom. The Bertz CT molecular complexity index is 524. The predicted octanol–water partition coefficient (Wildman–Crippen LogP) is 4.30. The molecule has 0 saturated heterocycles. The minimum Gasteiger partial charge on any atom is -0.284 e. The number of nitrogens with one attached hydrogen (secondary N) is 1. The lowest BCUT2D eigenvalue weighted by Gasteiger charge is -2.57. The molecule has 1 unspecified atom stereocenters. The van der Waals surface area contributed by atoms with E-state index in [-0.39, 0.29) is 5.54 Å². The molecule has 2 nitrogen and oxygen atoms in total. The first-order chi connectivity index (χ1) is 9.55. The van der Waals surface area contributed by atoms with Gasteiger partial charge in [-0.25, -0.2) is 5.09 Å². The molecule has 20 heavy (non-hydrogen) atoms. The lowest BCUT2D eigenvalue weighted by atomic mass is 9.53. The second-order valence-corrected chi connectivity index (χ2v) is 10.4. The number of rotatable bonds is 3. The van der Waals surface area contributed by atoms with Gasteiger partial charge in [-0.05, 0) is 79.7 Å². The summed E-state index contributed by atoms with van der Waals surface area (Å²) in [6.45, 7) is -2.97. The highest BCUT2D eigenvalue weighted by molar-refractivity contribution is 7.93. The number of hydrogen-bond donors (Lipinski definition) is 1. The molecule has 0 aliphatic heterocycles. The summed E-state index contributed by atoms with van der Waals surface area (Å²) in [7, 11) is 0. The number of benzene rings is 1. The Morgan fingerprint density at radius 2 is 1.50 bits per heavy atom. The second-order valence-electron chi connectivity index (χ2n) is 7.18. The quantitative estimate of drug-likeness (QED) is 0.843. The van der Waals surface area contributed by atoms with Crippen LogP contribution in [0.15, 0.2) is 30.3 Å². The van der Waals surface area contributed by atoms with Crippen molar-refractivity contribution in [3.63, 3.8) is 0 Å². The molecule has 5 rings (SSSR count). The van der Waals surface area contributed by atoms with Gasteiger partial charge in [-0.2, -0.15) is 0 Å². The van der Waals surface area contributed by atoms with Crippen molar-refractivity contribution in [2.75, 3.05) is 0 Å². The minimum atomic E-state index is -2.97. The topological polar surface area (TPSA) is 29.1 Å². The van der Waals surface area contributed by atoms with Gasteiger partial charge in [-0.1, -0.05) is 18.2 Å². The van der Waals surface area contributed by atoms with Crippen LogP contribution < -0.4 is 10.4 Å². The molecule has 4 fully saturated rings. The average Bonchev–Trinajstić information content (AvgIpc) is 2.36. The molecular weight excluding hydrogens is 289 g/mol. The molecule has 0 amide bonds. The summed E-state index contributed by atoms with van der Waals surface area (Å²) in [5.41, 5.74) is 0.0435. The van der Waals surface area contributed by atoms with Crippen LogP contribution in [0.25, 0.3) is 0 Å². The number of hydrogen-bond acceptors (Lipinski definition) is 1. The molecule has 1 aromatic carbocycles. The van der Waals surface area contributed by atoms with Gasteiger partial charge in [0, 0.05) is 10.8 Å². The molecule has 4 saturated carbocycles. The monoisotopic (exact) mass is 309 g/mol. The first kappa shape index (κ1) is 13.4. The molecule has 4 heteroatoms. The third-order valence-electron chi connectivity index (χ3n) is 5.51. The van der Waals surface area contributed by atoms with Crippen molar-refractivity contribution >= 4 is 23.2 Å². The summed E-state index contributed by atoms with van der Waals surface area (Å²) in [4.78, 5) is 0. The van der Waals surface area contributed by atoms with Crippen LogP contribution in [0.1, 0.15) is 38.5 Å². The Balaban J connectivity index is 1.61. The van der Waals surface area contributed by atoms with Gasteiger partial charge in [0.1, 0.15) is 0 Å². The molecule has 0 spiro atoms. The van der Waals surface area contributed by atoms with Gasteiger partial charge in [-0.15, -0.1) is 0 Å². The van der Waals surface area contributed by atoms with E-state index in [1.54, 1.807) is 0 Å². The predicted molar refractivity (Wildman–Crippen MR) is 83.6 cm³/mol. The molecule has 4 bridgehead atoms. The van der Waals surface area contributed by atoms with E-state index in [4.69, 9.17) is 11.2 Å². The van der Waals surface area contributed by atoms with E-state index < -0.39 is 6.65 Å². The SMILES string of the molecule is O=P(Cl)(NC12CC3CC(CC(C3)C1)C2)c1ccccc1. The molecule has 1 atom stereocenters. The average molecular weight is 310 g/mol. The summed E-state index contributed by atoms with van der Waals surface area (Å²) in [5.74, 6) is 2.50. The van der Waals surface area contributed by atoms with Crippen LogP contribution >= 0.6 is 17.9 Å². The van der Waals surface area contributed by atoms with Crippen LogP contribution in [0, 0.1) is 17.8 Å². The second kappa shape index (κ2) is 4.60. The van der Waals surface area contributed by atoms with E-state index >= 15 is 0 Å². The molecule has 0 aromatic heterocycles. The highest BCUT2D eigenvalue weighted by Crippen LogP contribution is 2.59. The van der Waals surface area contributed by atoms with Gasteiger partial charge >= 0.3 is 0 Å². The number of halogens is 1. The zero-order valence-corrected chi connectivity index (χ0v) is 13.2. The summed E-state index contributed by atoms with van der Waals surface area (Å²) < 4.78 is 13.0. The van der Waals surface area contributed by atoms with Gasteiger partial charge in [0.05, 0.1) is 0 Å². The first-order valence-corrected chi connectivity index (χ1v) is 10.3. The Labute approximate surface area is 125 Å². The zero-order valence-electron chi connectivity index (χ0n) is 11.6. The Morgan fingerprint density at radius 3 is 2.00 bits per heavy atom. The molecule has 0 heterocycles. The van der Waals surface area contributed by atoms with Gasteiger partial charge in [0.15, 0.2) is 0 Å². The van der Waals surface area contributed by atoms with E-state index in [0.29, 0.717) is 0 Å². The maximum atomic E-state index is 13.0. The largest absolute Gasteiger partial charge is 0.284 e. The van der Waals surface area contributed by atoms with Crippen LogP contribution in [0.5, 0.6) is 0 Å². The lowest BCUT2D eigenvalue weighted by Crippen LogP contribution is -2.57. The van der Waals surface area contributed by atoms with Crippen molar-refractivity contribution in [1.82, 2.24) is 5.09 Å². The zero-order chi connectivity index (χ0) is 13.8. The highest BCUT2D eigenvalue weighted by atomic mass is 35.7. The van der Waals surface area contributed by atoms with Gasteiger partial charge < -0.3 is 0 Å². The summed E-state index contributed by atoms with van der Waals surface area (Å²) in [6.07, 6.45) is 7.67. The van der Waals surface area contributed by atoms with Crippen molar-refractivity contribution in [1.29, 1.82) is 0 Å². The van der Waals surface area contributed by atoms with Crippen molar-refractivity contribution in [3.8, 4) is 0 Å². The molecule has 1 aromatic rings.